The molecular weight excluding hydrogens is 249 g/mol. The van der Waals surface area contributed by atoms with Gasteiger partial charge in [0.1, 0.15) is 5.75 Å². The molecule has 96 valence electrons. The lowest BCUT2D eigenvalue weighted by molar-refractivity contribution is -0.137. The predicted molar refractivity (Wildman–Crippen MR) is 56.7 cm³/mol. The van der Waals surface area contributed by atoms with Crippen LogP contribution >= 0.6 is 0 Å². The van der Waals surface area contributed by atoms with Crippen LogP contribution in [0.4, 0.5) is 18.9 Å². The van der Waals surface area contributed by atoms with Crippen molar-refractivity contribution in [3.8, 4) is 5.75 Å². The summed E-state index contributed by atoms with van der Waals surface area (Å²) in [5, 5.41) is 3.45. The molecule has 2 aromatic rings. The van der Waals surface area contributed by atoms with Crippen LogP contribution in [0.5, 0.6) is 5.75 Å². The molecule has 1 aromatic carbocycles. The number of nitrogens with zero attached hydrogens (tertiary/aromatic N) is 1. The highest BCUT2D eigenvalue weighted by Crippen LogP contribution is 2.30. The maximum absolute atomic E-state index is 12.3. The van der Waals surface area contributed by atoms with Gasteiger partial charge in [0.2, 0.25) is 0 Å². The van der Waals surface area contributed by atoms with Gasteiger partial charge in [0.25, 0.3) is 0 Å². The number of aromatic nitrogens is 1. The van der Waals surface area contributed by atoms with E-state index in [9.17, 15) is 13.2 Å². The highest BCUT2D eigenvalue weighted by Gasteiger charge is 2.30. The summed E-state index contributed by atoms with van der Waals surface area (Å²) < 4.78 is 46.9. The number of anilines is 1. The van der Waals surface area contributed by atoms with Crippen molar-refractivity contribution in [1.82, 2.24) is 5.16 Å². The minimum atomic E-state index is -4.35. The van der Waals surface area contributed by atoms with Crippen LogP contribution in [0.25, 0.3) is 0 Å². The van der Waals surface area contributed by atoms with E-state index in [2.05, 4.69) is 5.16 Å². The summed E-state index contributed by atoms with van der Waals surface area (Å²) in [4.78, 5) is 0. The van der Waals surface area contributed by atoms with Crippen LogP contribution in [0, 0.1) is 0 Å². The number of halogens is 3. The predicted octanol–water partition coefficient (Wildman–Crippen LogP) is 2.85. The lowest BCUT2D eigenvalue weighted by Gasteiger charge is -2.08. The topological polar surface area (TPSA) is 61.3 Å². The molecule has 0 saturated heterocycles. The Labute approximate surface area is 100 Å². The van der Waals surface area contributed by atoms with Crippen molar-refractivity contribution in [2.24, 2.45) is 0 Å². The molecular formula is C11H9F3N2O2. The molecule has 2 rings (SSSR count). The Morgan fingerprint density at radius 3 is 2.39 bits per heavy atom. The van der Waals surface area contributed by atoms with Crippen molar-refractivity contribution < 1.29 is 22.4 Å². The third-order valence-electron chi connectivity index (χ3n) is 2.23. The van der Waals surface area contributed by atoms with Gasteiger partial charge in [-0.25, -0.2) is 0 Å². The van der Waals surface area contributed by atoms with E-state index in [1.807, 2.05) is 0 Å². The summed E-state index contributed by atoms with van der Waals surface area (Å²) in [6, 6.07) is 4.35. The Morgan fingerprint density at radius 1 is 1.22 bits per heavy atom. The number of rotatable bonds is 3. The molecule has 1 heterocycles. The van der Waals surface area contributed by atoms with Crippen molar-refractivity contribution in [2.45, 2.75) is 12.8 Å². The maximum atomic E-state index is 12.3. The fourth-order valence-corrected chi connectivity index (χ4v) is 1.27. The van der Waals surface area contributed by atoms with Crippen molar-refractivity contribution in [3.63, 3.8) is 0 Å². The van der Waals surface area contributed by atoms with Gasteiger partial charge in [-0.3, -0.25) is 0 Å². The molecule has 0 aliphatic rings. The summed E-state index contributed by atoms with van der Waals surface area (Å²) in [6.45, 7) is 0.0111. The second-order valence-electron chi connectivity index (χ2n) is 3.52. The summed E-state index contributed by atoms with van der Waals surface area (Å²) >= 11 is 0. The first-order valence-electron chi connectivity index (χ1n) is 4.96. The van der Waals surface area contributed by atoms with Crippen LogP contribution in [0.1, 0.15) is 11.3 Å². The van der Waals surface area contributed by atoms with Crippen molar-refractivity contribution >= 4 is 5.69 Å². The number of hydrogen-bond acceptors (Lipinski definition) is 4. The third-order valence-corrected chi connectivity index (χ3v) is 2.23. The molecule has 4 nitrogen and oxygen atoms in total. The molecule has 0 aliphatic carbocycles. The third kappa shape index (κ3) is 2.73. The Hall–Kier alpha value is -2.18. The van der Waals surface area contributed by atoms with E-state index in [4.69, 9.17) is 15.0 Å². The van der Waals surface area contributed by atoms with Crippen LogP contribution < -0.4 is 10.5 Å². The molecule has 0 fully saturated rings. The average molecular weight is 258 g/mol. The van der Waals surface area contributed by atoms with Crippen molar-refractivity contribution in [1.29, 1.82) is 0 Å². The fraction of sp³-hybridized carbons (Fsp3) is 0.182. The molecule has 0 radical (unpaired) electrons. The number of nitrogen functional groups attached to an aromatic ring is 1. The highest BCUT2D eigenvalue weighted by atomic mass is 19.4. The van der Waals surface area contributed by atoms with Crippen molar-refractivity contribution in [2.75, 3.05) is 5.73 Å². The summed E-state index contributed by atoms with van der Waals surface area (Å²) in [5.74, 6) is 0.619. The lowest BCUT2D eigenvalue weighted by Crippen LogP contribution is -2.04. The molecule has 0 bridgehead atoms. The van der Waals surface area contributed by atoms with Gasteiger partial charge in [-0.1, -0.05) is 5.16 Å². The highest BCUT2D eigenvalue weighted by molar-refractivity contribution is 5.38. The molecule has 0 saturated carbocycles. The Bertz CT molecular complexity index is 520. The van der Waals surface area contributed by atoms with Crippen LogP contribution in [0.15, 0.2) is 35.0 Å². The van der Waals surface area contributed by atoms with E-state index in [1.54, 1.807) is 0 Å². The van der Waals surface area contributed by atoms with Crippen LogP contribution in [-0.4, -0.2) is 5.16 Å². The molecule has 2 N–H and O–H groups in total. The largest absolute Gasteiger partial charge is 0.485 e. The van der Waals surface area contributed by atoms with Crippen LogP contribution in [0.2, 0.25) is 0 Å². The first-order valence-corrected chi connectivity index (χ1v) is 4.96. The maximum Gasteiger partial charge on any atom is 0.416 e. The zero-order valence-electron chi connectivity index (χ0n) is 9.07. The second kappa shape index (κ2) is 4.59. The molecule has 1 aromatic heterocycles. The minimum Gasteiger partial charge on any atom is -0.485 e. The zero-order valence-corrected chi connectivity index (χ0v) is 9.07. The summed E-state index contributed by atoms with van der Waals surface area (Å²) in [7, 11) is 0. The Kier molecular flexibility index (Phi) is 3.14. The van der Waals surface area contributed by atoms with Crippen LogP contribution in [0.3, 0.4) is 0 Å². The summed E-state index contributed by atoms with van der Waals surface area (Å²) in [6.07, 6.45) is -3.03. The second-order valence-corrected chi connectivity index (χ2v) is 3.52. The van der Waals surface area contributed by atoms with Gasteiger partial charge < -0.3 is 15.0 Å². The molecule has 18 heavy (non-hydrogen) atoms. The van der Waals surface area contributed by atoms with E-state index in [0.717, 1.165) is 12.1 Å². The Balaban J connectivity index is 2.01. The van der Waals surface area contributed by atoms with Gasteiger partial charge in [0.15, 0.2) is 12.4 Å². The number of alkyl halides is 3. The number of benzene rings is 1. The zero-order chi connectivity index (χ0) is 13.2. The van der Waals surface area contributed by atoms with E-state index >= 15 is 0 Å². The fourth-order valence-electron chi connectivity index (χ4n) is 1.27. The van der Waals surface area contributed by atoms with Gasteiger partial charge in [-0.05, 0) is 24.3 Å². The Morgan fingerprint density at radius 2 is 1.89 bits per heavy atom. The molecule has 0 amide bonds. The van der Waals surface area contributed by atoms with Crippen molar-refractivity contribution in [3.05, 3.63) is 41.8 Å². The normalized spacial score (nSPS) is 11.5. The van der Waals surface area contributed by atoms with E-state index in [0.29, 0.717) is 17.2 Å². The molecule has 0 spiro atoms. The van der Waals surface area contributed by atoms with Gasteiger partial charge in [-0.15, -0.1) is 0 Å². The number of ether oxygens (including phenoxy) is 1. The molecule has 0 aliphatic heterocycles. The van der Waals surface area contributed by atoms with E-state index < -0.39 is 11.7 Å². The number of hydrogen-bond donors (Lipinski definition) is 1. The van der Waals surface area contributed by atoms with E-state index in [-0.39, 0.29) is 6.61 Å². The lowest BCUT2D eigenvalue weighted by atomic mass is 10.2. The van der Waals surface area contributed by atoms with Gasteiger partial charge in [-0.2, -0.15) is 13.2 Å². The summed E-state index contributed by atoms with van der Waals surface area (Å²) in [5.41, 5.74) is 5.11. The first kappa shape index (κ1) is 12.3. The smallest absolute Gasteiger partial charge is 0.416 e. The quantitative estimate of drug-likeness (QED) is 0.919. The van der Waals surface area contributed by atoms with Gasteiger partial charge in [0.05, 0.1) is 17.4 Å². The molecule has 0 unspecified atom stereocenters. The molecule has 0 atom stereocenters. The van der Waals surface area contributed by atoms with Gasteiger partial charge in [0, 0.05) is 0 Å². The van der Waals surface area contributed by atoms with E-state index in [1.165, 1.54) is 18.3 Å². The number of nitrogens with two attached hydrogens (primary N) is 1. The van der Waals surface area contributed by atoms with Gasteiger partial charge >= 0.3 is 6.18 Å². The standard InChI is InChI=1S/C11H9F3N2O2/c12-11(13,14)7-1-3-8(4-2-7)17-6-10-9(15)5-16-18-10/h1-5H,6,15H2. The minimum absolute atomic E-state index is 0.0111. The SMILES string of the molecule is Nc1cnoc1COc1ccc(C(F)(F)F)cc1. The van der Waals surface area contributed by atoms with Crippen LogP contribution in [-0.2, 0) is 12.8 Å². The molecule has 7 heteroatoms. The first-order chi connectivity index (χ1) is 8.47. The average Bonchev–Trinajstić information content (AvgIpc) is 2.72. The monoisotopic (exact) mass is 258 g/mol.